The lowest BCUT2D eigenvalue weighted by Gasteiger charge is -2.19. The van der Waals surface area contributed by atoms with Crippen LogP contribution in [-0.4, -0.2) is 33.4 Å². The Balaban J connectivity index is 2.14. The number of rotatable bonds is 5. The van der Waals surface area contributed by atoms with Crippen LogP contribution in [0.2, 0.25) is 0 Å². The van der Waals surface area contributed by atoms with Gasteiger partial charge in [0.05, 0.1) is 12.2 Å². The molecule has 1 amide bonds. The molecule has 0 saturated heterocycles. The number of aromatic nitrogens is 1. The second-order valence-corrected chi connectivity index (χ2v) is 4.11. The van der Waals surface area contributed by atoms with Gasteiger partial charge in [0.2, 0.25) is 5.76 Å². The van der Waals surface area contributed by atoms with Gasteiger partial charge in [-0.1, -0.05) is 6.07 Å². The summed E-state index contributed by atoms with van der Waals surface area (Å²) in [4.78, 5) is 28.7. The molecule has 0 aliphatic rings. The third-order valence-electron chi connectivity index (χ3n) is 2.78. The van der Waals surface area contributed by atoms with Gasteiger partial charge < -0.3 is 14.4 Å². The lowest BCUT2D eigenvalue weighted by molar-refractivity contribution is 0.0648. The van der Waals surface area contributed by atoms with Gasteiger partial charge in [0.1, 0.15) is 0 Å². The summed E-state index contributed by atoms with van der Waals surface area (Å²) in [6.07, 6.45) is 1.66. The Morgan fingerprint density at radius 3 is 2.55 bits per heavy atom. The van der Waals surface area contributed by atoms with Gasteiger partial charge in [0, 0.05) is 12.7 Å². The third kappa shape index (κ3) is 3.03. The first-order valence-electron chi connectivity index (χ1n) is 6.14. The highest BCUT2D eigenvalue weighted by Gasteiger charge is 2.20. The zero-order valence-electron chi connectivity index (χ0n) is 10.9. The number of hydrogen-bond acceptors (Lipinski definition) is 4. The van der Waals surface area contributed by atoms with E-state index in [-0.39, 0.29) is 17.4 Å². The Bertz CT molecular complexity index is 607. The molecule has 0 bridgehead atoms. The first-order valence-corrected chi connectivity index (χ1v) is 6.14. The highest BCUT2D eigenvalue weighted by atomic mass is 16.4. The number of nitrogens with zero attached hydrogens (tertiary/aromatic N) is 2. The molecule has 2 heterocycles. The van der Waals surface area contributed by atoms with E-state index in [9.17, 15) is 9.59 Å². The summed E-state index contributed by atoms with van der Waals surface area (Å²) in [6.45, 7) is 2.65. The number of carbonyl (C=O) groups excluding carboxylic acids is 1. The Morgan fingerprint density at radius 1 is 1.25 bits per heavy atom. The lowest BCUT2D eigenvalue weighted by Crippen LogP contribution is -2.30. The highest BCUT2D eigenvalue weighted by Crippen LogP contribution is 2.12. The van der Waals surface area contributed by atoms with Crippen LogP contribution in [0.5, 0.6) is 0 Å². The van der Waals surface area contributed by atoms with Gasteiger partial charge in [-0.05, 0) is 31.2 Å². The van der Waals surface area contributed by atoms with Crippen LogP contribution in [-0.2, 0) is 6.54 Å². The summed E-state index contributed by atoms with van der Waals surface area (Å²) >= 11 is 0. The van der Waals surface area contributed by atoms with Crippen LogP contribution in [0.1, 0.15) is 33.7 Å². The zero-order valence-corrected chi connectivity index (χ0v) is 10.9. The molecule has 104 valence electrons. The van der Waals surface area contributed by atoms with Gasteiger partial charge in [-0.25, -0.2) is 4.79 Å². The molecule has 6 heteroatoms. The van der Waals surface area contributed by atoms with Gasteiger partial charge in [-0.15, -0.1) is 0 Å². The summed E-state index contributed by atoms with van der Waals surface area (Å²) in [5.41, 5.74) is 0.757. The van der Waals surface area contributed by atoms with Gasteiger partial charge in [0.25, 0.3) is 5.91 Å². The molecule has 0 aliphatic heterocycles. The van der Waals surface area contributed by atoms with Crippen molar-refractivity contribution in [3.63, 3.8) is 0 Å². The molecule has 20 heavy (non-hydrogen) atoms. The van der Waals surface area contributed by atoms with Crippen molar-refractivity contribution in [2.24, 2.45) is 0 Å². The van der Waals surface area contributed by atoms with Crippen LogP contribution in [0, 0.1) is 0 Å². The maximum atomic E-state index is 12.2. The number of aromatic carboxylic acids is 1. The molecular formula is C14H14N2O4. The molecule has 0 aromatic carbocycles. The number of pyridine rings is 1. The molecule has 1 N–H and O–H groups in total. The topological polar surface area (TPSA) is 83.6 Å². The molecule has 2 rings (SSSR count). The van der Waals surface area contributed by atoms with Crippen LogP contribution < -0.4 is 0 Å². The normalized spacial score (nSPS) is 10.2. The molecule has 6 nitrogen and oxygen atoms in total. The molecule has 2 aromatic heterocycles. The molecule has 0 atom stereocenters. The molecule has 0 saturated carbocycles. The summed E-state index contributed by atoms with van der Waals surface area (Å²) in [7, 11) is 0. The van der Waals surface area contributed by atoms with Crippen molar-refractivity contribution in [1.82, 2.24) is 9.88 Å². The van der Waals surface area contributed by atoms with E-state index in [2.05, 4.69) is 4.98 Å². The largest absolute Gasteiger partial charge is 0.475 e. The Morgan fingerprint density at radius 2 is 2.00 bits per heavy atom. The van der Waals surface area contributed by atoms with Crippen LogP contribution in [0.15, 0.2) is 40.9 Å². The Hall–Kier alpha value is -2.63. The second-order valence-electron chi connectivity index (χ2n) is 4.11. The smallest absolute Gasteiger partial charge is 0.371 e. The Kier molecular flexibility index (Phi) is 4.14. The molecule has 0 spiro atoms. The fourth-order valence-corrected chi connectivity index (χ4v) is 1.74. The van der Waals surface area contributed by atoms with Gasteiger partial charge >= 0.3 is 5.97 Å². The van der Waals surface area contributed by atoms with Gasteiger partial charge in [-0.3, -0.25) is 9.78 Å². The molecule has 0 radical (unpaired) electrons. The maximum Gasteiger partial charge on any atom is 0.371 e. The number of furan rings is 1. The minimum atomic E-state index is -1.20. The van der Waals surface area contributed by atoms with Crippen LogP contribution >= 0.6 is 0 Å². The quantitative estimate of drug-likeness (QED) is 0.901. The number of hydrogen-bond donors (Lipinski definition) is 1. The van der Waals surface area contributed by atoms with Crippen molar-refractivity contribution in [2.45, 2.75) is 13.5 Å². The van der Waals surface area contributed by atoms with Crippen molar-refractivity contribution in [3.05, 3.63) is 53.7 Å². The third-order valence-corrected chi connectivity index (χ3v) is 2.78. The molecule has 0 aliphatic carbocycles. The van der Waals surface area contributed by atoms with E-state index in [1.165, 1.54) is 17.0 Å². The lowest BCUT2D eigenvalue weighted by atomic mass is 10.3. The van der Waals surface area contributed by atoms with E-state index in [4.69, 9.17) is 9.52 Å². The van der Waals surface area contributed by atoms with Gasteiger partial charge in [-0.2, -0.15) is 0 Å². The van der Waals surface area contributed by atoms with Crippen molar-refractivity contribution in [2.75, 3.05) is 6.54 Å². The average molecular weight is 274 g/mol. The molecule has 0 unspecified atom stereocenters. The summed E-state index contributed by atoms with van der Waals surface area (Å²) in [5, 5.41) is 8.78. The predicted octanol–water partition coefficient (Wildman–Crippen LogP) is 2.04. The summed E-state index contributed by atoms with van der Waals surface area (Å²) in [6, 6.07) is 8.10. The monoisotopic (exact) mass is 274 g/mol. The zero-order chi connectivity index (χ0) is 14.5. The number of carboxylic acids is 1. The molecular weight excluding hydrogens is 260 g/mol. The van der Waals surface area contributed by atoms with E-state index in [0.717, 1.165) is 5.69 Å². The fourth-order valence-electron chi connectivity index (χ4n) is 1.74. The molecule has 0 fully saturated rings. The van der Waals surface area contributed by atoms with Crippen molar-refractivity contribution >= 4 is 11.9 Å². The number of amides is 1. The van der Waals surface area contributed by atoms with Crippen LogP contribution in [0.25, 0.3) is 0 Å². The first kappa shape index (κ1) is 13.8. The number of carbonyl (C=O) groups is 2. The minimum absolute atomic E-state index is 0.0141. The standard InChI is InChI=1S/C14H14N2O4/c1-2-16(9-10-5-3-4-8-15-10)13(17)11-6-7-12(20-11)14(18)19/h3-8H,2,9H2,1H3,(H,18,19). The van der Waals surface area contributed by atoms with E-state index in [0.29, 0.717) is 13.1 Å². The van der Waals surface area contributed by atoms with Crippen LogP contribution in [0.4, 0.5) is 0 Å². The minimum Gasteiger partial charge on any atom is -0.475 e. The highest BCUT2D eigenvalue weighted by molar-refractivity contribution is 5.93. The summed E-state index contributed by atoms with van der Waals surface area (Å²) < 4.78 is 5.02. The maximum absolute atomic E-state index is 12.2. The average Bonchev–Trinajstić information content (AvgIpc) is 2.95. The van der Waals surface area contributed by atoms with Crippen LogP contribution in [0.3, 0.4) is 0 Å². The van der Waals surface area contributed by atoms with Crippen molar-refractivity contribution in [1.29, 1.82) is 0 Å². The fraction of sp³-hybridized carbons (Fsp3) is 0.214. The van der Waals surface area contributed by atoms with Gasteiger partial charge in [0.15, 0.2) is 5.76 Å². The molecule has 2 aromatic rings. The van der Waals surface area contributed by atoms with E-state index < -0.39 is 5.97 Å². The predicted molar refractivity (Wildman–Crippen MR) is 70.3 cm³/mol. The Labute approximate surface area is 115 Å². The first-order chi connectivity index (χ1) is 9.61. The van der Waals surface area contributed by atoms with Crippen molar-refractivity contribution in [3.8, 4) is 0 Å². The second kappa shape index (κ2) is 6.01. The summed E-state index contributed by atoms with van der Waals surface area (Å²) in [5.74, 6) is -1.79. The van der Waals surface area contributed by atoms with E-state index >= 15 is 0 Å². The van der Waals surface area contributed by atoms with Crippen molar-refractivity contribution < 1.29 is 19.1 Å². The number of carboxylic acid groups (broad SMARTS) is 1. The van der Waals surface area contributed by atoms with E-state index in [1.54, 1.807) is 12.3 Å². The SMILES string of the molecule is CCN(Cc1ccccn1)C(=O)c1ccc(C(=O)O)o1. The van der Waals surface area contributed by atoms with E-state index in [1.807, 2.05) is 19.1 Å².